The summed E-state index contributed by atoms with van der Waals surface area (Å²) < 4.78 is 35.1. The predicted octanol–water partition coefficient (Wildman–Crippen LogP) is 5.70. The summed E-state index contributed by atoms with van der Waals surface area (Å²) >= 11 is 1.07. The average Bonchev–Trinajstić information content (AvgIpc) is 3.16. The number of hydrogen-bond donors (Lipinski definition) is 1. The van der Waals surface area contributed by atoms with Crippen LogP contribution < -0.4 is 4.74 Å². The minimum Gasteiger partial charge on any atom is -0.481 e. The first-order valence-electron chi connectivity index (χ1n) is 9.50. The SMILES string of the molecule is O=C(O)CCCCSc1c(F)cc(-c2cccnc2OC2CCCC2)cc1F. The summed E-state index contributed by atoms with van der Waals surface area (Å²) in [5.41, 5.74) is 0.969. The smallest absolute Gasteiger partial charge is 0.303 e. The molecule has 1 saturated carbocycles. The summed E-state index contributed by atoms with van der Waals surface area (Å²) in [5.74, 6) is -1.26. The van der Waals surface area contributed by atoms with Crippen LogP contribution in [0, 0.1) is 11.6 Å². The zero-order chi connectivity index (χ0) is 19.9. The molecule has 4 nitrogen and oxygen atoms in total. The minimum absolute atomic E-state index is 0.0405. The molecule has 0 atom stereocenters. The van der Waals surface area contributed by atoms with E-state index in [9.17, 15) is 13.6 Å². The lowest BCUT2D eigenvalue weighted by Crippen LogP contribution is -2.12. The van der Waals surface area contributed by atoms with Gasteiger partial charge in [0.2, 0.25) is 5.88 Å². The Morgan fingerprint density at radius 3 is 2.61 bits per heavy atom. The van der Waals surface area contributed by atoms with Crippen LogP contribution in [0.3, 0.4) is 0 Å². The molecular weight excluding hydrogens is 384 g/mol. The molecule has 1 aliphatic carbocycles. The van der Waals surface area contributed by atoms with E-state index in [0.717, 1.165) is 37.4 Å². The molecule has 3 rings (SSSR count). The van der Waals surface area contributed by atoms with Crippen LogP contribution in [0.5, 0.6) is 5.88 Å². The van der Waals surface area contributed by atoms with E-state index in [1.54, 1.807) is 18.3 Å². The molecule has 0 unspecified atom stereocenters. The van der Waals surface area contributed by atoms with Crippen LogP contribution in [0.25, 0.3) is 11.1 Å². The largest absolute Gasteiger partial charge is 0.481 e. The zero-order valence-corrected chi connectivity index (χ0v) is 16.3. The van der Waals surface area contributed by atoms with Crippen molar-refractivity contribution in [2.24, 2.45) is 0 Å². The number of aliphatic carboxylic acids is 1. The number of ether oxygens (including phenoxy) is 1. The van der Waals surface area contributed by atoms with Gasteiger partial charge in [0.05, 0.1) is 4.90 Å². The van der Waals surface area contributed by atoms with Gasteiger partial charge in [-0.2, -0.15) is 0 Å². The van der Waals surface area contributed by atoms with Gasteiger partial charge in [0, 0.05) is 18.2 Å². The lowest BCUT2D eigenvalue weighted by Gasteiger charge is -2.16. The van der Waals surface area contributed by atoms with Gasteiger partial charge in [0.15, 0.2) is 0 Å². The maximum atomic E-state index is 14.6. The number of halogens is 2. The number of thioether (sulfide) groups is 1. The van der Waals surface area contributed by atoms with Gasteiger partial charge in [-0.1, -0.05) is 0 Å². The molecular formula is C21H23F2NO3S. The highest BCUT2D eigenvalue weighted by Crippen LogP contribution is 2.35. The van der Waals surface area contributed by atoms with Crippen molar-refractivity contribution in [2.75, 3.05) is 5.75 Å². The Morgan fingerprint density at radius 1 is 1.21 bits per heavy atom. The van der Waals surface area contributed by atoms with Crippen molar-refractivity contribution in [1.82, 2.24) is 4.98 Å². The molecule has 0 amide bonds. The van der Waals surface area contributed by atoms with Crippen molar-refractivity contribution in [1.29, 1.82) is 0 Å². The second-order valence-electron chi connectivity index (χ2n) is 6.85. The van der Waals surface area contributed by atoms with Crippen LogP contribution in [-0.2, 0) is 4.79 Å². The highest BCUT2D eigenvalue weighted by atomic mass is 32.2. The Kier molecular flexibility index (Phi) is 7.25. The van der Waals surface area contributed by atoms with Crippen molar-refractivity contribution in [3.8, 4) is 17.0 Å². The first kappa shape index (κ1) is 20.6. The van der Waals surface area contributed by atoms with E-state index in [-0.39, 0.29) is 17.4 Å². The molecule has 1 heterocycles. The lowest BCUT2D eigenvalue weighted by atomic mass is 10.1. The Bertz CT molecular complexity index is 802. The fourth-order valence-electron chi connectivity index (χ4n) is 3.27. The number of benzene rings is 1. The van der Waals surface area contributed by atoms with Crippen LogP contribution >= 0.6 is 11.8 Å². The predicted molar refractivity (Wildman–Crippen MR) is 105 cm³/mol. The zero-order valence-electron chi connectivity index (χ0n) is 15.5. The number of aromatic nitrogens is 1. The lowest BCUT2D eigenvalue weighted by molar-refractivity contribution is -0.137. The third-order valence-corrected chi connectivity index (χ3v) is 5.86. The van der Waals surface area contributed by atoms with E-state index in [0.29, 0.717) is 35.6 Å². The summed E-state index contributed by atoms with van der Waals surface area (Å²) in [7, 11) is 0. The Balaban J connectivity index is 1.72. The van der Waals surface area contributed by atoms with Gasteiger partial charge >= 0.3 is 5.97 Å². The number of pyridine rings is 1. The van der Waals surface area contributed by atoms with Gasteiger partial charge in [0.1, 0.15) is 17.7 Å². The summed E-state index contributed by atoms with van der Waals surface area (Å²) in [6.07, 6.45) is 7.02. The number of hydrogen-bond acceptors (Lipinski definition) is 4. The summed E-state index contributed by atoms with van der Waals surface area (Å²) in [6.45, 7) is 0. The molecule has 1 aromatic heterocycles. The molecule has 2 aromatic rings. The second kappa shape index (κ2) is 9.87. The van der Waals surface area contributed by atoms with Crippen molar-refractivity contribution >= 4 is 17.7 Å². The standard InChI is InChI=1S/C21H23F2NO3S/c22-17-12-14(13-18(23)20(17)28-11-4-3-9-19(25)26)16-8-5-10-24-21(16)27-15-6-1-2-7-15/h5,8,10,12-13,15H,1-4,6-7,9,11H2,(H,25,26). The van der Waals surface area contributed by atoms with Gasteiger partial charge in [-0.15, -0.1) is 11.8 Å². The van der Waals surface area contributed by atoms with Gasteiger partial charge < -0.3 is 9.84 Å². The van der Waals surface area contributed by atoms with Crippen LogP contribution in [0.2, 0.25) is 0 Å². The maximum absolute atomic E-state index is 14.6. The van der Waals surface area contributed by atoms with Crippen LogP contribution in [0.1, 0.15) is 44.9 Å². The fraction of sp³-hybridized carbons (Fsp3) is 0.429. The first-order valence-corrected chi connectivity index (χ1v) is 10.5. The average molecular weight is 407 g/mol. The number of nitrogens with zero attached hydrogens (tertiary/aromatic N) is 1. The number of rotatable bonds is 9. The molecule has 1 fully saturated rings. The highest BCUT2D eigenvalue weighted by Gasteiger charge is 2.20. The Hall–Kier alpha value is -2.15. The molecule has 1 aliphatic rings. The molecule has 28 heavy (non-hydrogen) atoms. The van der Waals surface area contributed by atoms with Gasteiger partial charge in [-0.3, -0.25) is 4.79 Å². The quantitative estimate of drug-likeness (QED) is 0.427. The van der Waals surface area contributed by atoms with Crippen molar-refractivity contribution in [3.63, 3.8) is 0 Å². The Labute approximate surface area is 167 Å². The molecule has 0 saturated heterocycles. The van der Waals surface area contributed by atoms with Crippen LogP contribution in [-0.4, -0.2) is 27.9 Å². The Morgan fingerprint density at radius 2 is 1.93 bits per heavy atom. The van der Waals surface area contributed by atoms with E-state index >= 15 is 0 Å². The fourth-order valence-corrected chi connectivity index (χ4v) is 4.22. The van der Waals surface area contributed by atoms with E-state index in [2.05, 4.69) is 4.98 Å². The topological polar surface area (TPSA) is 59.4 Å². The number of carbonyl (C=O) groups is 1. The number of unbranched alkanes of at least 4 members (excludes halogenated alkanes) is 1. The molecule has 0 bridgehead atoms. The molecule has 1 aromatic carbocycles. The first-order chi connectivity index (χ1) is 13.5. The summed E-state index contributed by atoms with van der Waals surface area (Å²) in [4.78, 5) is 14.7. The third kappa shape index (κ3) is 5.44. The normalized spacial score (nSPS) is 14.4. The highest BCUT2D eigenvalue weighted by molar-refractivity contribution is 7.99. The van der Waals surface area contributed by atoms with E-state index in [1.807, 2.05) is 0 Å². The molecule has 7 heteroatoms. The molecule has 0 aliphatic heterocycles. The molecule has 1 N–H and O–H groups in total. The summed E-state index contributed by atoms with van der Waals surface area (Å²) in [6, 6.07) is 6.09. The number of carboxylic acids is 1. The number of carboxylic acid groups (broad SMARTS) is 1. The minimum atomic E-state index is -0.862. The van der Waals surface area contributed by atoms with Crippen LogP contribution in [0.15, 0.2) is 35.4 Å². The molecule has 150 valence electrons. The molecule has 0 radical (unpaired) electrons. The van der Waals surface area contributed by atoms with Gasteiger partial charge in [-0.05, 0) is 74.1 Å². The van der Waals surface area contributed by atoms with E-state index in [1.165, 1.54) is 12.1 Å². The second-order valence-corrected chi connectivity index (χ2v) is 7.95. The third-order valence-electron chi connectivity index (χ3n) is 4.69. The monoisotopic (exact) mass is 407 g/mol. The van der Waals surface area contributed by atoms with Crippen molar-refractivity contribution < 1.29 is 23.4 Å². The van der Waals surface area contributed by atoms with Crippen molar-refractivity contribution in [2.45, 2.75) is 55.9 Å². The molecule has 0 spiro atoms. The van der Waals surface area contributed by atoms with E-state index < -0.39 is 17.6 Å². The van der Waals surface area contributed by atoms with Crippen LogP contribution in [0.4, 0.5) is 8.78 Å². The van der Waals surface area contributed by atoms with Crippen molar-refractivity contribution in [3.05, 3.63) is 42.1 Å². The maximum Gasteiger partial charge on any atom is 0.303 e. The van der Waals surface area contributed by atoms with Gasteiger partial charge in [0.25, 0.3) is 0 Å². The van der Waals surface area contributed by atoms with Gasteiger partial charge in [-0.25, -0.2) is 13.8 Å². The van der Waals surface area contributed by atoms with E-state index in [4.69, 9.17) is 9.84 Å². The summed E-state index contributed by atoms with van der Waals surface area (Å²) in [5, 5.41) is 8.63.